The van der Waals surface area contributed by atoms with Crippen LogP contribution in [0, 0.1) is 11.3 Å². The molecule has 0 saturated carbocycles. The van der Waals surface area contributed by atoms with Crippen LogP contribution in [-0.2, 0) is 6.42 Å². The zero-order chi connectivity index (χ0) is 21.1. The highest BCUT2D eigenvalue weighted by Gasteiger charge is 2.14. The maximum atomic E-state index is 12.4. The van der Waals surface area contributed by atoms with E-state index in [0.717, 1.165) is 22.0 Å². The van der Waals surface area contributed by atoms with E-state index in [9.17, 15) is 10.1 Å². The fraction of sp³-hybridized carbons (Fsp3) is 0.0870. The van der Waals surface area contributed by atoms with Gasteiger partial charge in [0.25, 0.3) is 0 Å². The molecule has 0 bridgehead atoms. The summed E-state index contributed by atoms with van der Waals surface area (Å²) in [7, 11) is 0. The lowest BCUT2D eigenvalue weighted by Gasteiger charge is -2.03. The Bertz CT molecular complexity index is 1350. The molecule has 0 aliphatic carbocycles. The fourth-order valence-electron chi connectivity index (χ4n) is 2.93. The molecule has 1 N–H and O–H groups in total. The molecule has 0 amide bonds. The predicted octanol–water partition coefficient (Wildman–Crippen LogP) is 6.22. The van der Waals surface area contributed by atoms with Crippen molar-refractivity contribution in [1.82, 2.24) is 4.98 Å². The van der Waals surface area contributed by atoms with Gasteiger partial charge in [-0.25, -0.2) is 9.78 Å². The predicted molar refractivity (Wildman–Crippen MR) is 124 cm³/mol. The van der Waals surface area contributed by atoms with E-state index in [-0.39, 0.29) is 0 Å². The number of fused-ring (bicyclic) bond motifs is 1. The van der Waals surface area contributed by atoms with Gasteiger partial charge in [0.05, 0.1) is 11.3 Å². The van der Waals surface area contributed by atoms with Crippen LogP contribution in [0.4, 0.5) is 5.69 Å². The monoisotopic (exact) mass is 477 g/mol. The van der Waals surface area contributed by atoms with Gasteiger partial charge in [0.15, 0.2) is 0 Å². The maximum Gasteiger partial charge on any atom is 0.345 e. The first-order valence-corrected chi connectivity index (χ1v) is 10.9. The van der Waals surface area contributed by atoms with Crippen LogP contribution in [-0.4, -0.2) is 4.98 Å². The van der Waals surface area contributed by atoms with Gasteiger partial charge in [0, 0.05) is 27.1 Å². The molecule has 0 spiro atoms. The van der Waals surface area contributed by atoms with E-state index in [1.165, 1.54) is 16.9 Å². The van der Waals surface area contributed by atoms with Crippen LogP contribution in [0.3, 0.4) is 0 Å². The molecule has 0 saturated heterocycles. The highest BCUT2D eigenvalue weighted by molar-refractivity contribution is 9.10. The summed E-state index contributed by atoms with van der Waals surface area (Å²) in [5, 5.41) is 15.8. The number of nitriles is 1. The third-order valence-corrected chi connectivity index (χ3v) is 5.94. The molecule has 5 nitrogen and oxygen atoms in total. The number of nitrogens with zero attached hydrogens (tertiary/aromatic N) is 2. The van der Waals surface area contributed by atoms with Crippen molar-refractivity contribution in [3.8, 4) is 17.3 Å². The molecule has 30 heavy (non-hydrogen) atoms. The Morgan fingerprint density at radius 1 is 1.27 bits per heavy atom. The molecule has 148 valence electrons. The van der Waals surface area contributed by atoms with Crippen LogP contribution >= 0.6 is 27.3 Å². The molecule has 7 heteroatoms. The van der Waals surface area contributed by atoms with E-state index >= 15 is 0 Å². The normalized spacial score (nSPS) is 11.4. The Labute approximate surface area is 185 Å². The van der Waals surface area contributed by atoms with Gasteiger partial charge < -0.3 is 9.73 Å². The zero-order valence-corrected chi connectivity index (χ0v) is 18.4. The first kappa shape index (κ1) is 20.1. The van der Waals surface area contributed by atoms with Crippen LogP contribution in [0.2, 0.25) is 0 Å². The summed E-state index contributed by atoms with van der Waals surface area (Å²) in [4.78, 5) is 16.9. The number of halogens is 1. The first-order chi connectivity index (χ1) is 14.6. The van der Waals surface area contributed by atoms with E-state index in [2.05, 4.69) is 39.2 Å². The minimum atomic E-state index is -0.460. The summed E-state index contributed by atoms with van der Waals surface area (Å²) in [6.45, 7) is 2.10. The zero-order valence-electron chi connectivity index (χ0n) is 16.0. The summed E-state index contributed by atoms with van der Waals surface area (Å²) in [6.07, 6.45) is 2.60. The van der Waals surface area contributed by atoms with Gasteiger partial charge in [-0.3, -0.25) is 0 Å². The van der Waals surface area contributed by atoms with Gasteiger partial charge in [-0.2, -0.15) is 5.26 Å². The van der Waals surface area contributed by atoms with Gasteiger partial charge >= 0.3 is 5.63 Å². The van der Waals surface area contributed by atoms with Crippen LogP contribution in [0.25, 0.3) is 27.8 Å². The first-order valence-electron chi connectivity index (χ1n) is 9.23. The second-order valence-electron chi connectivity index (χ2n) is 6.53. The van der Waals surface area contributed by atoms with Gasteiger partial charge in [-0.1, -0.05) is 35.0 Å². The number of hydrogen-bond donors (Lipinski definition) is 1. The van der Waals surface area contributed by atoms with Crippen LogP contribution in [0.1, 0.15) is 17.5 Å². The van der Waals surface area contributed by atoms with E-state index < -0.39 is 5.63 Å². The summed E-state index contributed by atoms with van der Waals surface area (Å²) >= 11 is 4.73. The van der Waals surface area contributed by atoms with Crippen molar-refractivity contribution < 1.29 is 4.42 Å². The quantitative estimate of drug-likeness (QED) is 0.272. The number of aryl methyl sites for hydroxylation is 1. The highest BCUT2D eigenvalue weighted by atomic mass is 79.9. The van der Waals surface area contributed by atoms with Gasteiger partial charge in [0.2, 0.25) is 0 Å². The minimum Gasteiger partial charge on any atom is -0.422 e. The third-order valence-electron chi connectivity index (χ3n) is 4.57. The van der Waals surface area contributed by atoms with Crippen molar-refractivity contribution in [2.45, 2.75) is 13.3 Å². The molecular weight excluding hydrogens is 462 g/mol. The van der Waals surface area contributed by atoms with Crippen molar-refractivity contribution >= 4 is 49.5 Å². The molecule has 4 rings (SSSR count). The van der Waals surface area contributed by atoms with Crippen molar-refractivity contribution in [3.63, 3.8) is 0 Å². The number of allylic oxidation sites excluding steroid dienone is 1. The second-order valence-corrected chi connectivity index (χ2v) is 8.31. The molecule has 0 fully saturated rings. The third kappa shape index (κ3) is 4.20. The van der Waals surface area contributed by atoms with Crippen LogP contribution in [0.15, 0.2) is 73.8 Å². The highest BCUT2D eigenvalue weighted by Crippen LogP contribution is 2.27. The number of rotatable bonds is 5. The van der Waals surface area contributed by atoms with E-state index in [1.54, 1.807) is 23.7 Å². The SMILES string of the molecule is CCc1ccc(NC=C(C#N)c2nc(-c3cc4cc(Br)ccc4oc3=O)cs2)cc1. The minimum absolute atomic E-state index is 0.364. The Hall–Kier alpha value is -3.21. The second kappa shape index (κ2) is 8.66. The lowest BCUT2D eigenvalue weighted by atomic mass is 10.1. The molecule has 0 unspecified atom stereocenters. The van der Waals surface area contributed by atoms with E-state index in [0.29, 0.717) is 27.4 Å². The average Bonchev–Trinajstić information content (AvgIpc) is 3.24. The fourth-order valence-corrected chi connectivity index (χ4v) is 4.09. The smallest absolute Gasteiger partial charge is 0.345 e. The number of hydrogen-bond acceptors (Lipinski definition) is 6. The molecule has 4 aromatic rings. The van der Waals surface area contributed by atoms with Crippen LogP contribution < -0.4 is 10.9 Å². The van der Waals surface area contributed by atoms with Gasteiger partial charge in [0.1, 0.15) is 22.2 Å². The Kier molecular flexibility index (Phi) is 5.79. The Morgan fingerprint density at radius 3 is 2.80 bits per heavy atom. The number of anilines is 1. The summed E-state index contributed by atoms with van der Waals surface area (Å²) in [6, 6.07) is 17.4. The number of thiazole rings is 1. The van der Waals surface area contributed by atoms with E-state index in [1.807, 2.05) is 36.4 Å². The standard InChI is InChI=1S/C23H16BrN3O2S/c1-2-14-3-6-18(7-4-14)26-12-16(11-25)22-27-20(13-30-22)19-10-15-9-17(24)5-8-21(15)29-23(19)28/h3-10,12-13,26H,2H2,1H3. The van der Waals surface area contributed by atoms with Crippen molar-refractivity contribution in [1.29, 1.82) is 5.26 Å². The Morgan fingerprint density at radius 2 is 2.07 bits per heavy atom. The van der Waals surface area contributed by atoms with E-state index in [4.69, 9.17) is 4.42 Å². The average molecular weight is 478 g/mol. The van der Waals surface area contributed by atoms with Gasteiger partial charge in [-0.05, 0) is 48.4 Å². The number of aromatic nitrogens is 1. The Balaban J connectivity index is 1.63. The van der Waals surface area contributed by atoms with Crippen molar-refractivity contribution in [2.75, 3.05) is 5.32 Å². The molecule has 2 aromatic carbocycles. The molecular formula is C23H16BrN3O2S. The number of nitrogens with one attached hydrogen (secondary N) is 1. The van der Waals surface area contributed by atoms with Gasteiger partial charge in [-0.15, -0.1) is 11.3 Å². The molecule has 0 radical (unpaired) electrons. The van der Waals surface area contributed by atoms with Crippen molar-refractivity contribution in [3.05, 3.63) is 85.6 Å². The lowest BCUT2D eigenvalue weighted by Crippen LogP contribution is -2.03. The lowest BCUT2D eigenvalue weighted by molar-refractivity contribution is 0.563. The van der Waals surface area contributed by atoms with Crippen LogP contribution in [0.5, 0.6) is 0 Å². The molecule has 2 aromatic heterocycles. The number of benzene rings is 2. The molecule has 0 atom stereocenters. The molecule has 0 aliphatic rings. The maximum absolute atomic E-state index is 12.4. The largest absolute Gasteiger partial charge is 0.422 e. The summed E-state index contributed by atoms with van der Waals surface area (Å²) in [5.41, 5.74) is 3.42. The topological polar surface area (TPSA) is 78.9 Å². The molecule has 2 heterocycles. The summed E-state index contributed by atoms with van der Waals surface area (Å²) < 4.78 is 6.31. The molecule has 0 aliphatic heterocycles. The van der Waals surface area contributed by atoms with Crippen molar-refractivity contribution in [2.24, 2.45) is 0 Å². The summed E-state index contributed by atoms with van der Waals surface area (Å²) in [5.74, 6) is 0.